The zero-order chi connectivity index (χ0) is 17.4. The normalized spacial score (nSPS) is 51.0. The summed E-state index contributed by atoms with van der Waals surface area (Å²) in [5, 5.41) is 15.1. The Hall–Kier alpha value is -1.27. The predicted octanol–water partition coefficient (Wildman–Crippen LogP) is 4.00. The van der Waals surface area contributed by atoms with Gasteiger partial charge in [-0.1, -0.05) is 24.9 Å². The van der Waals surface area contributed by atoms with E-state index < -0.39 is 5.60 Å². The molecule has 0 bridgehead atoms. The molecule has 0 unspecified atom stereocenters. The van der Waals surface area contributed by atoms with Crippen molar-refractivity contribution in [3.05, 3.63) is 17.5 Å². The minimum atomic E-state index is -0.894. The van der Waals surface area contributed by atoms with E-state index in [1.165, 1.54) is 24.8 Å². The van der Waals surface area contributed by atoms with Gasteiger partial charge >= 0.3 is 0 Å². The lowest BCUT2D eigenvalue weighted by molar-refractivity contribution is -0.128. The molecule has 0 aliphatic heterocycles. The molecule has 3 heteroatoms. The van der Waals surface area contributed by atoms with Crippen molar-refractivity contribution in [3.8, 4) is 12.3 Å². The summed E-state index contributed by atoms with van der Waals surface area (Å²) in [4.78, 5) is 0. The highest BCUT2D eigenvalue weighted by Crippen LogP contribution is 2.67. The van der Waals surface area contributed by atoms with Crippen LogP contribution in [-0.2, 0) is 12.8 Å². The van der Waals surface area contributed by atoms with Crippen LogP contribution in [0.2, 0.25) is 0 Å². The van der Waals surface area contributed by atoms with Crippen LogP contribution in [-0.4, -0.2) is 15.9 Å². The molecule has 25 heavy (non-hydrogen) atoms. The van der Waals surface area contributed by atoms with Crippen LogP contribution in [0.25, 0.3) is 0 Å². The van der Waals surface area contributed by atoms with E-state index >= 15 is 0 Å². The fraction of sp³-hybridized carbons (Fsp3) is 0.773. The number of rotatable bonds is 0. The van der Waals surface area contributed by atoms with Crippen LogP contribution in [0.1, 0.15) is 63.7 Å². The van der Waals surface area contributed by atoms with Crippen molar-refractivity contribution in [1.82, 2.24) is 5.16 Å². The third kappa shape index (κ3) is 1.85. The van der Waals surface area contributed by atoms with Gasteiger partial charge in [0.15, 0.2) is 0 Å². The van der Waals surface area contributed by atoms with Gasteiger partial charge < -0.3 is 9.63 Å². The number of aromatic nitrogens is 1. The summed E-state index contributed by atoms with van der Waals surface area (Å²) in [6, 6.07) is 0. The Morgan fingerprint density at radius 1 is 1.20 bits per heavy atom. The molecular formula is C22H29NO2. The fourth-order valence-electron chi connectivity index (χ4n) is 7.63. The molecule has 134 valence electrons. The molecule has 1 aromatic rings. The summed E-state index contributed by atoms with van der Waals surface area (Å²) >= 11 is 0. The maximum atomic E-state index is 11.1. The molecule has 1 N–H and O–H groups in total. The van der Waals surface area contributed by atoms with Gasteiger partial charge in [-0.2, -0.15) is 0 Å². The Balaban J connectivity index is 1.50. The second-order valence-corrected chi connectivity index (χ2v) is 9.81. The Morgan fingerprint density at radius 3 is 2.80 bits per heavy atom. The van der Waals surface area contributed by atoms with Gasteiger partial charge in [-0.15, -0.1) is 6.42 Å². The van der Waals surface area contributed by atoms with Crippen molar-refractivity contribution in [2.75, 3.05) is 0 Å². The van der Waals surface area contributed by atoms with E-state index in [1.807, 2.05) is 6.20 Å². The van der Waals surface area contributed by atoms with Gasteiger partial charge in [0.2, 0.25) is 0 Å². The standard InChI is InChI=1S/C22H29NO2/c1-4-22(24)10-8-18-16-6-5-15-11-19-14(13-23-25-19)12-20(15,2)17(16)7-9-21(18,22)3/h1,13,15-18,24H,5-12H2,2-3H3/t15-,16+,17-,18-,20-,21-,22-/m0/s1. The van der Waals surface area contributed by atoms with Crippen LogP contribution in [0.5, 0.6) is 0 Å². The number of hydrogen-bond acceptors (Lipinski definition) is 3. The SMILES string of the molecule is C#C[C@]1(O)CC[C@H]2[C@@H]3CC[C@H]4Cc5oncc5C[C@]4(C)[C@H]3CC[C@@]21C. The van der Waals surface area contributed by atoms with Crippen LogP contribution < -0.4 is 0 Å². The average molecular weight is 339 g/mol. The first-order valence-corrected chi connectivity index (χ1v) is 10.0. The quantitative estimate of drug-likeness (QED) is 0.727. The van der Waals surface area contributed by atoms with Crippen molar-refractivity contribution >= 4 is 0 Å². The molecule has 0 amide bonds. The van der Waals surface area contributed by atoms with Crippen LogP contribution in [0, 0.1) is 46.8 Å². The lowest BCUT2D eigenvalue weighted by atomic mass is 9.44. The van der Waals surface area contributed by atoms with Crippen LogP contribution in [0.3, 0.4) is 0 Å². The van der Waals surface area contributed by atoms with E-state index in [4.69, 9.17) is 10.9 Å². The summed E-state index contributed by atoms with van der Waals surface area (Å²) in [5.74, 6) is 6.66. The monoisotopic (exact) mass is 339 g/mol. The summed E-state index contributed by atoms with van der Waals surface area (Å²) in [7, 11) is 0. The maximum Gasteiger partial charge on any atom is 0.140 e. The highest BCUT2D eigenvalue weighted by molar-refractivity contribution is 5.26. The first-order valence-electron chi connectivity index (χ1n) is 10.0. The zero-order valence-corrected chi connectivity index (χ0v) is 15.4. The molecule has 0 aromatic carbocycles. The second kappa shape index (κ2) is 4.92. The second-order valence-electron chi connectivity index (χ2n) is 9.81. The summed E-state index contributed by atoms with van der Waals surface area (Å²) in [6.07, 6.45) is 16.6. The number of terminal acetylenes is 1. The third-order valence-corrected chi connectivity index (χ3v) is 9.19. The van der Waals surface area contributed by atoms with Gasteiger partial charge in [0, 0.05) is 17.4 Å². The molecule has 1 heterocycles. The van der Waals surface area contributed by atoms with E-state index in [-0.39, 0.29) is 5.41 Å². The van der Waals surface area contributed by atoms with Crippen molar-refractivity contribution in [3.63, 3.8) is 0 Å². The van der Waals surface area contributed by atoms with E-state index in [1.54, 1.807) is 0 Å². The maximum absolute atomic E-state index is 11.1. The van der Waals surface area contributed by atoms with Crippen LogP contribution >= 0.6 is 0 Å². The Bertz CT molecular complexity index is 747. The highest BCUT2D eigenvalue weighted by Gasteiger charge is 2.64. The van der Waals surface area contributed by atoms with Gasteiger partial charge in [0.05, 0.1) is 6.20 Å². The lowest BCUT2D eigenvalue weighted by Crippen LogP contribution is -2.56. The fourth-order valence-corrected chi connectivity index (χ4v) is 7.63. The number of fused-ring (bicyclic) bond motifs is 6. The molecule has 0 radical (unpaired) electrons. The lowest BCUT2D eigenvalue weighted by Gasteiger charge is -2.60. The average Bonchev–Trinajstić information content (AvgIpc) is 3.14. The first-order chi connectivity index (χ1) is 11.9. The van der Waals surface area contributed by atoms with Crippen molar-refractivity contribution in [1.29, 1.82) is 0 Å². The smallest absolute Gasteiger partial charge is 0.140 e. The molecule has 4 aliphatic rings. The van der Waals surface area contributed by atoms with Crippen molar-refractivity contribution < 1.29 is 9.63 Å². The summed E-state index contributed by atoms with van der Waals surface area (Å²) < 4.78 is 5.51. The van der Waals surface area contributed by atoms with Crippen molar-refractivity contribution in [2.45, 2.75) is 70.8 Å². The highest BCUT2D eigenvalue weighted by atomic mass is 16.5. The molecule has 4 aliphatic carbocycles. The molecular weight excluding hydrogens is 310 g/mol. The van der Waals surface area contributed by atoms with Crippen LogP contribution in [0.15, 0.2) is 10.7 Å². The Morgan fingerprint density at radius 2 is 2.00 bits per heavy atom. The van der Waals surface area contributed by atoms with Gasteiger partial charge in [0.1, 0.15) is 11.4 Å². The van der Waals surface area contributed by atoms with E-state index in [0.29, 0.717) is 23.2 Å². The zero-order valence-electron chi connectivity index (χ0n) is 15.4. The number of hydrogen-bond donors (Lipinski definition) is 1. The summed E-state index contributed by atoms with van der Waals surface area (Å²) in [6.45, 7) is 4.80. The van der Waals surface area contributed by atoms with Gasteiger partial charge in [-0.3, -0.25) is 0 Å². The number of nitrogens with zero attached hydrogens (tertiary/aromatic N) is 1. The molecule has 5 rings (SSSR count). The Kier molecular flexibility index (Phi) is 3.13. The van der Waals surface area contributed by atoms with E-state index in [0.717, 1.165) is 43.8 Å². The van der Waals surface area contributed by atoms with E-state index in [9.17, 15) is 5.11 Å². The topological polar surface area (TPSA) is 46.3 Å². The number of aliphatic hydroxyl groups is 1. The molecule has 3 nitrogen and oxygen atoms in total. The molecule has 0 saturated heterocycles. The largest absolute Gasteiger partial charge is 0.377 e. The summed E-state index contributed by atoms with van der Waals surface area (Å²) in [5.41, 5.74) is 0.691. The minimum absolute atomic E-state index is 0.0941. The van der Waals surface area contributed by atoms with Gasteiger partial charge in [-0.05, 0) is 74.0 Å². The predicted molar refractivity (Wildman–Crippen MR) is 95.6 cm³/mol. The molecule has 7 atom stereocenters. The molecule has 3 fully saturated rings. The first kappa shape index (κ1) is 15.9. The van der Waals surface area contributed by atoms with Gasteiger partial charge in [-0.25, -0.2) is 0 Å². The van der Waals surface area contributed by atoms with Gasteiger partial charge in [0.25, 0.3) is 0 Å². The third-order valence-electron chi connectivity index (χ3n) is 9.19. The molecule has 3 saturated carbocycles. The Labute approximate surface area is 150 Å². The van der Waals surface area contributed by atoms with Crippen LogP contribution in [0.4, 0.5) is 0 Å². The van der Waals surface area contributed by atoms with E-state index in [2.05, 4.69) is 24.9 Å². The van der Waals surface area contributed by atoms with Crippen molar-refractivity contribution in [2.24, 2.45) is 34.5 Å². The molecule has 0 spiro atoms. The molecule has 1 aromatic heterocycles. The minimum Gasteiger partial charge on any atom is -0.377 e.